The first kappa shape index (κ1) is 9.51. The lowest BCUT2D eigenvalue weighted by Gasteiger charge is -2.07. The van der Waals surface area contributed by atoms with Crippen molar-refractivity contribution in [2.75, 3.05) is 11.5 Å². The molecular formula is C8H13N3O2S. The predicted octanol–water partition coefficient (Wildman–Crippen LogP) is 0.550. The Kier molecular flexibility index (Phi) is 2.02. The normalized spacial score (nSPS) is 25.4. The van der Waals surface area contributed by atoms with E-state index >= 15 is 0 Å². The van der Waals surface area contributed by atoms with Crippen LogP contribution in [0.1, 0.15) is 29.3 Å². The van der Waals surface area contributed by atoms with Crippen LogP contribution in [0, 0.1) is 6.92 Å². The molecule has 1 fully saturated rings. The van der Waals surface area contributed by atoms with Crippen molar-refractivity contribution in [1.82, 2.24) is 10.2 Å². The molecule has 0 aliphatic carbocycles. The summed E-state index contributed by atoms with van der Waals surface area (Å²) in [5, 5.41) is 6.11. The van der Waals surface area contributed by atoms with Crippen molar-refractivity contribution in [1.29, 1.82) is 0 Å². The van der Waals surface area contributed by atoms with Crippen molar-refractivity contribution < 1.29 is 8.42 Å². The van der Waals surface area contributed by atoms with Gasteiger partial charge >= 0.3 is 0 Å². The Labute approximate surface area is 82.6 Å². The number of hydrogen-bond donors (Lipinski definition) is 2. The van der Waals surface area contributed by atoms with Gasteiger partial charge in [-0.25, -0.2) is 8.42 Å². The first-order chi connectivity index (χ1) is 6.52. The summed E-state index contributed by atoms with van der Waals surface area (Å²) in [6, 6.07) is 0. The maximum atomic E-state index is 11.6. The van der Waals surface area contributed by atoms with Crippen molar-refractivity contribution >= 4 is 15.7 Å². The molecule has 78 valence electrons. The number of H-pyrrole nitrogens is 1. The second-order valence-corrected chi connectivity index (χ2v) is 5.95. The van der Waals surface area contributed by atoms with Crippen molar-refractivity contribution in [3.05, 3.63) is 11.3 Å². The number of anilines is 1. The number of nitrogens with zero attached hydrogens (tertiary/aromatic N) is 1. The Balaban J connectivity index is 2.46. The topological polar surface area (TPSA) is 88.8 Å². The van der Waals surface area contributed by atoms with Gasteiger partial charge in [0.2, 0.25) is 0 Å². The Morgan fingerprint density at radius 3 is 2.71 bits per heavy atom. The van der Waals surface area contributed by atoms with Crippen LogP contribution in [0.3, 0.4) is 0 Å². The zero-order valence-corrected chi connectivity index (χ0v) is 8.76. The lowest BCUT2D eigenvalue weighted by Crippen LogP contribution is -2.09. The Morgan fingerprint density at radius 2 is 2.29 bits per heavy atom. The minimum atomic E-state index is -2.98. The minimum absolute atomic E-state index is 0.274. The second-order valence-electron chi connectivity index (χ2n) is 3.65. The zero-order chi connectivity index (χ0) is 10.3. The van der Waals surface area contributed by atoms with Crippen LogP contribution in [-0.4, -0.2) is 24.4 Å². The molecule has 1 aliphatic heterocycles. The molecule has 0 bridgehead atoms. The first-order valence-electron chi connectivity index (χ1n) is 4.54. The van der Waals surface area contributed by atoms with Crippen LogP contribution in [0.2, 0.25) is 0 Å². The predicted molar refractivity (Wildman–Crippen MR) is 53.5 cm³/mol. The minimum Gasteiger partial charge on any atom is -0.382 e. The Hall–Kier alpha value is -1.04. The number of rotatable bonds is 1. The summed E-state index contributed by atoms with van der Waals surface area (Å²) in [5.41, 5.74) is 6.99. The molecule has 5 nitrogen and oxygen atoms in total. The summed E-state index contributed by atoms with van der Waals surface area (Å²) >= 11 is 0. The van der Waals surface area contributed by atoms with Gasteiger partial charge in [-0.1, -0.05) is 0 Å². The van der Waals surface area contributed by atoms with Crippen LogP contribution in [0.15, 0.2) is 0 Å². The van der Waals surface area contributed by atoms with E-state index in [-0.39, 0.29) is 5.75 Å². The fraction of sp³-hybridized carbons (Fsp3) is 0.625. The highest BCUT2D eigenvalue weighted by Crippen LogP contribution is 2.35. The van der Waals surface area contributed by atoms with Gasteiger partial charge in [0.25, 0.3) is 0 Å². The lowest BCUT2D eigenvalue weighted by molar-refractivity contribution is 0.590. The second kappa shape index (κ2) is 2.98. The third kappa shape index (κ3) is 1.30. The molecule has 2 rings (SSSR count). The Bertz CT molecular complexity index is 449. The molecule has 0 amide bonds. The number of nitrogen functional groups attached to an aromatic ring is 1. The first-order valence-corrected chi connectivity index (χ1v) is 6.26. The van der Waals surface area contributed by atoms with Gasteiger partial charge < -0.3 is 5.73 Å². The van der Waals surface area contributed by atoms with E-state index in [9.17, 15) is 8.42 Å². The van der Waals surface area contributed by atoms with Gasteiger partial charge in [0.15, 0.2) is 9.84 Å². The number of hydrogen-bond acceptors (Lipinski definition) is 4. The van der Waals surface area contributed by atoms with E-state index < -0.39 is 15.1 Å². The van der Waals surface area contributed by atoms with Crippen LogP contribution in [0.25, 0.3) is 0 Å². The number of nitrogens with one attached hydrogen (secondary N) is 1. The number of sulfone groups is 1. The van der Waals surface area contributed by atoms with Gasteiger partial charge in [-0.05, 0) is 19.8 Å². The molecule has 14 heavy (non-hydrogen) atoms. The molecule has 0 saturated carbocycles. The molecule has 3 N–H and O–H groups in total. The molecular weight excluding hydrogens is 202 g/mol. The van der Waals surface area contributed by atoms with Gasteiger partial charge in [-0.15, -0.1) is 0 Å². The Morgan fingerprint density at radius 1 is 1.57 bits per heavy atom. The molecule has 1 saturated heterocycles. The molecule has 1 aromatic rings. The highest BCUT2D eigenvalue weighted by atomic mass is 32.2. The molecule has 1 aliphatic rings. The summed E-state index contributed by atoms with van der Waals surface area (Å²) < 4.78 is 23.3. The maximum Gasteiger partial charge on any atom is 0.158 e. The monoisotopic (exact) mass is 215 g/mol. The van der Waals surface area contributed by atoms with E-state index in [4.69, 9.17) is 5.73 Å². The van der Waals surface area contributed by atoms with Gasteiger partial charge in [0.1, 0.15) is 11.1 Å². The fourth-order valence-electron chi connectivity index (χ4n) is 1.86. The smallest absolute Gasteiger partial charge is 0.158 e. The molecule has 0 radical (unpaired) electrons. The summed E-state index contributed by atoms with van der Waals surface area (Å²) in [7, 11) is -2.98. The average Bonchev–Trinajstić information content (AvgIpc) is 2.59. The SMILES string of the molecule is Cc1c(N)n[nH]c1C1CCCS1(=O)=O. The van der Waals surface area contributed by atoms with Gasteiger partial charge in [-0.3, -0.25) is 5.10 Å². The molecule has 6 heteroatoms. The van der Waals surface area contributed by atoms with E-state index in [0.29, 0.717) is 17.9 Å². The fourth-order valence-corrected chi connectivity index (χ4v) is 3.82. The van der Waals surface area contributed by atoms with Gasteiger partial charge in [0.05, 0.1) is 11.4 Å². The molecule has 1 unspecified atom stereocenters. The highest BCUT2D eigenvalue weighted by molar-refractivity contribution is 7.91. The van der Waals surface area contributed by atoms with Crippen molar-refractivity contribution in [2.24, 2.45) is 0 Å². The van der Waals surface area contributed by atoms with Crippen LogP contribution in [-0.2, 0) is 9.84 Å². The summed E-state index contributed by atoms with van der Waals surface area (Å²) in [6.45, 7) is 1.79. The van der Waals surface area contributed by atoms with E-state index in [1.807, 2.05) is 0 Å². The largest absolute Gasteiger partial charge is 0.382 e. The van der Waals surface area contributed by atoms with Crippen LogP contribution < -0.4 is 5.73 Å². The molecule has 1 aromatic heterocycles. The average molecular weight is 215 g/mol. The van der Waals surface area contributed by atoms with Crippen LogP contribution >= 0.6 is 0 Å². The van der Waals surface area contributed by atoms with E-state index in [1.165, 1.54) is 0 Å². The van der Waals surface area contributed by atoms with Crippen LogP contribution in [0.5, 0.6) is 0 Å². The summed E-state index contributed by atoms with van der Waals surface area (Å²) in [4.78, 5) is 0. The van der Waals surface area contributed by atoms with Gasteiger partial charge in [0, 0.05) is 5.56 Å². The number of aromatic amines is 1. The van der Waals surface area contributed by atoms with Gasteiger partial charge in [-0.2, -0.15) is 5.10 Å². The zero-order valence-electron chi connectivity index (χ0n) is 7.95. The molecule has 1 atom stereocenters. The standard InChI is InChI=1S/C8H13N3O2S/c1-5-7(10-11-8(5)9)6-3-2-4-14(6,12)13/h6H,2-4H2,1H3,(H3,9,10,11). The third-order valence-electron chi connectivity index (χ3n) is 2.74. The van der Waals surface area contributed by atoms with Crippen molar-refractivity contribution in [3.63, 3.8) is 0 Å². The number of nitrogens with two attached hydrogens (primary N) is 1. The third-order valence-corrected chi connectivity index (χ3v) is 4.93. The molecule has 0 spiro atoms. The molecule has 0 aromatic carbocycles. The van der Waals surface area contributed by atoms with Crippen LogP contribution in [0.4, 0.5) is 5.82 Å². The van der Waals surface area contributed by atoms with Crippen molar-refractivity contribution in [2.45, 2.75) is 25.0 Å². The van der Waals surface area contributed by atoms with E-state index in [2.05, 4.69) is 10.2 Å². The lowest BCUT2D eigenvalue weighted by atomic mass is 10.1. The molecule has 2 heterocycles. The summed E-state index contributed by atoms with van der Waals surface area (Å²) in [5.74, 6) is 0.665. The van der Waals surface area contributed by atoms with E-state index in [0.717, 1.165) is 12.0 Å². The van der Waals surface area contributed by atoms with E-state index in [1.54, 1.807) is 6.92 Å². The van der Waals surface area contributed by atoms with Crippen molar-refractivity contribution in [3.8, 4) is 0 Å². The quantitative estimate of drug-likeness (QED) is 0.716. The maximum absolute atomic E-state index is 11.6. The summed E-state index contributed by atoms with van der Waals surface area (Å²) in [6.07, 6.45) is 1.40. The highest BCUT2D eigenvalue weighted by Gasteiger charge is 2.35. The number of aromatic nitrogens is 2.